The van der Waals surface area contributed by atoms with Gasteiger partial charge in [0, 0.05) is 19.1 Å². The molecule has 132 valence electrons. The fourth-order valence-corrected chi connectivity index (χ4v) is 3.95. The third-order valence-corrected chi connectivity index (χ3v) is 5.74. The molecule has 0 aliphatic carbocycles. The number of nitrogens with one attached hydrogen (secondary N) is 1. The zero-order valence-electron chi connectivity index (χ0n) is 14.2. The van der Waals surface area contributed by atoms with Crippen LogP contribution in [0, 0.1) is 0 Å². The molecule has 1 aromatic carbocycles. The summed E-state index contributed by atoms with van der Waals surface area (Å²) >= 11 is 6.14. The smallest absolute Gasteiger partial charge is 0.255 e. The summed E-state index contributed by atoms with van der Waals surface area (Å²) in [5.41, 5.74) is -0.562. The number of ether oxygens (including phenoxy) is 1. The van der Waals surface area contributed by atoms with E-state index in [0.717, 1.165) is 19.3 Å². The predicted octanol–water partition coefficient (Wildman–Crippen LogP) is 2.07. The highest BCUT2D eigenvalue weighted by Gasteiger charge is 2.48. The Hall–Kier alpha value is -1.14. The number of likely N-dealkylation sites (N-methyl/N-ethyl adjacent to an activating group) is 1. The van der Waals surface area contributed by atoms with Crippen molar-refractivity contribution in [3.8, 4) is 0 Å². The number of piperidine rings is 1. The Morgan fingerprint density at radius 1 is 1.38 bits per heavy atom. The highest BCUT2D eigenvalue weighted by molar-refractivity contribution is 6.33. The van der Waals surface area contributed by atoms with Crippen molar-refractivity contribution in [1.82, 2.24) is 10.2 Å². The number of carbonyl (C=O) groups excluding carboxylic acids is 1. The van der Waals surface area contributed by atoms with Crippen LogP contribution in [-0.2, 0) is 4.74 Å². The number of nitrogens with zero attached hydrogens (tertiary/aromatic N) is 1. The van der Waals surface area contributed by atoms with E-state index in [1.165, 1.54) is 0 Å². The molecule has 2 saturated heterocycles. The lowest BCUT2D eigenvalue weighted by Crippen LogP contribution is -2.62. The molecule has 0 bridgehead atoms. The van der Waals surface area contributed by atoms with E-state index in [1.54, 1.807) is 19.1 Å². The lowest BCUT2D eigenvalue weighted by Gasteiger charge is -2.50. The molecule has 0 radical (unpaired) electrons. The Kier molecular flexibility index (Phi) is 4.89. The first-order valence-corrected chi connectivity index (χ1v) is 8.82. The van der Waals surface area contributed by atoms with Crippen LogP contribution in [0.3, 0.4) is 0 Å². The van der Waals surface area contributed by atoms with Crippen molar-refractivity contribution in [2.24, 2.45) is 0 Å². The SMILES string of the molecule is CN[C@H]1CC2(CCN(C(=O)c3ccccc3Cl)CC2)OC[C@]1(C)O. The van der Waals surface area contributed by atoms with Gasteiger partial charge in [-0.25, -0.2) is 0 Å². The summed E-state index contributed by atoms with van der Waals surface area (Å²) in [5.74, 6) is -0.0246. The normalized spacial score (nSPS) is 29.7. The van der Waals surface area contributed by atoms with Gasteiger partial charge in [0.05, 0.1) is 22.8 Å². The van der Waals surface area contributed by atoms with Crippen LogP contribution in [-0.4, -0.2) is 59.9 Å². The molecule has 2 heterocycles. The van der Waals surface area contributed by atoms with E-state index in [1.807, 2.05) is 24.1 Å². The van der Waals surface area contributed by atoms with E-state index in [2.05, 4.69) is 5.32 Å². The van der Waals surface area contributed by atoms with Gasteiger partial charge in [0.15, 0.2) is 0 Å². The molecule has 2 atom stereocenters. The van der Waals surface area contributed by atoms with Crippen molar-refractivity contribution in [1.29, 1.82) is 0 Å². The van der Waals surface area contributed by atoms with E-state index in [9.17, 15) is 9.90 Å². The second-order valence-corrected chi connectivity index (χ2v) is 7.55. The van der Waals surface area contributed by atoms with Gasteiger partial charge in [-0.1, -0.05) is 23.7 Å². The number of hydrogen-bond acceptors (Lipinski definition) is 4. The second kappa shape index (κ2) is 6.64. The molecule has 6 heteroatoms. The van der Waals surface area contributed by atoms with Gasteiger partial charge < -0.3 is 20.1 Å². The Morgan fingerprint density at radius 2 is 2.04 bits per heavy atom. The first kappa shape index (κ1) is 17.7. The van der Waals surface area contributed by atoms with Gasteiger partial charge in [-0.05, 0) is 45.4 Å². The van der Waals surface area contributed by atoms with Gasteiger partial charge in [-0.15, -0.1) is 0 Å². The molecule has 1 spiro atoms. The Labute approximate surface area is 147 Å². The molecule has 24 heavy (non-hydrogen) atoms. The van der Waals surface area contributed by atoms with Gasteiger partial charge in [0.1, 0.15) is 5.60 Å². The second-order valence-electron chi connectivity index (χ2n) is 7.15. The average Bonchev–Trinajstić information content (AvgIpc) is 2.58. The van der Waals surface area contributed by atoms with Crippen LogP contribution in [0.25, 0.3) is 0 Å². The fourth-order valence-electron chi connectivity index (χ4n) is 3.73. The standard InChI is InChI=1S/C18H25ClN2O3/c1-17(23)12-24-18(11-15(17)20-2)7-9-21(10-8-18)16(22)13-5-3-4-6-14(13)19/h3-6,15,20,23H,7-12H2,1-2H3/t15-,17-/m0/s1. The number of rotatable bonds is 2. The largest absolute Gasteiger partial charge is 0.386 e. The van der Waals surface area contributed by atoms with E-state index in [4.69, 9.17) is 16.3 Å². The maximum atomic E-state index is 12.7. The summed E-state index contributed by atoms with van der Waals surface area (Å²) in [6.45, 7) is 3.40. The minimum absolute atomic E-state index is 0.00271. The zero-order chi connectivity index (χ0) is 17.4. The number of hydrogen-bond donors (Lipinski definition) is 2. The van der Waals surface area contributed by atoms with E-state index in [0.29, 0.717) is 30.3 Å². The third kappa shape index (κ3) is 3.31. The number of likely N-dealkylation sites (tertiary alicyclic amines) is 1. The minimum atomic E-state index is -0.857. The molecular weight excluding hydrogens is 328 g/mol. The zero-order valence-corrected chi connectivity index (χ0v) is 15.0. The molecule has 3 rings (SSSR count). The molecule has 0 saturated carbocycles. The topological polar surface area (TPSA) is 61.8 Å². The molecule has 1 aromatic rings. The minimum Gasteiger partial charge on any atom is -0.386 e. The van der Waals surface area contributed by atoms with Crippen LogP contribution in [0.5, 0.6) is 0 Å². The monoisotopic (exact) mass is 352 g/mol. The number of halogens is 1. The predicted molar refractivity (Wildman–Crippen MR) is 93.4 cm³/mol. The van der Waals surface area contributed by atoms with E-state index < -0.39 is 5.60 Å². The molecule has 2 N–H and O–H groups in total. The molecule has 0 aromatic heterocycles. The molecule has 2 fully saturated rings. The van der Waals surface area contributed by atoms with Crippen LogP contribution >= 0.6 is 11.6 Å². The van der Waals surface area contributed by atoms with Crippen molar-refractivity contribution in [2.45, 2.75) is 43.4 Å². The summed E-state index contributed by atoms with van der Waals surface area (Å²) < 4.78 is 6.06. The summed E-state index contributed by atoms with van der Waals surface area (Å²) in [5, 5.41) is 14.1. The highest BCUT2D eigenvalue weighted by Crippen LogP contribution is 2.38. The van der Waals surface area contributed by atoms with Crippen molar-refractivity contribution in [3.63, 3.8) is 0 Å². The quantitative estimate of drug-likeness (QED) is 0.855. The molecule has 2 aliphatic rings. The number of aliphatic hydroxyl groups is 1. The Balaban J connectivity index is 1.66. The van der Waals surface area contributed by atoms with Crippen molar-refractivity contribution >= 4 is 17.5 Å². The maximum Gasteiger partial charge on any atom is 0.255 e. The lowest BCUT2D eigenvalue weighted by molar-refractivity contribution is -0.189. The van der Waals surface area contributed by atoms with E-state index in [-0.39, 0.29) is 17.6 Å². The fraction of sp³-hybridized carbons (Fsp3) is 0.611. The van der Waals surface area contributed by atoms with Crippen LogP contribution in [0.15, 0.2) is 24.3 Å². The number of carbonyl (C=O) groups is 1. The maximum absolute atomic E-state index is 12.7. The molecule has 0 unspecified atom stereocenters. The number of benzene rings is 1. The van der Waals surface area contributed by atoms with Crippen LogP contribution in [0.2, 0.25) is 5.02 Å². The molecular formula is C18H25ClN2O3. The molecule has 1 amide bonds. The summed E-state index contributed by atoms with van der Waals surface area (Å²) in [7, 11) is 1.87. The van der Waals surface area contributed by atoms with Crippen LogP contribution in [0.1, 0.15) is 36.5 Å². The highest BCUT2D eigenvalue weighted by atomic mass is 35.5. The van der Waals surface area contributed by atoms with Crippen molar-refractivity contribution in [3.05, 3.63) is 34.9 Å². The van der Waals surface area contributed by atoms with Gasteiger partial charge >= 0.3 is 0 Å². The summed E-state index contributed by atoms with van der Waals surface area (Å²) in [6.07, 6.45) is 2.31. The van der Waals surface area contributed by atoms with Crippen LogP contribution in [0.4, 0.5) is 0 Å². The first-order chi connectivity index (χ1) is 11.4. The molecule has 5 nitrogen and oxygen atoms in total. The Bertz CT molecular complexity index is 612. The van der Waals surface area contributed by atoms with Gasteiger partial charge in [0.2, 0.25) is 0 Å². The van der Waals surface area contributed by atoms with Gasteiger partial charge in [-0.3, -0.25) is 4.79 Å². The summed E-state index contributed by atoms with van der Waals surface area (Å²) in [4.78, 5) is 14.5. The first-order valence-electron chi connectivity index (χ1n) is 8.44. The summed E-state index contributed by atoms with van der Waals surface area (Å²) in [6, 6.07) is 7.15. The number of amides is 1. The third-order valence-electron chi connectivity index (χ3n) is 5.41. The Morgan fingerprint density at radius 3 is 2.67 bits per heavy atom. The van der Waals surface area contributed by atoms with Gasteiger partial charge in [-0.2, -0.15) is 0 Å². The molecule has 2 aliphatic heterocycles. The average molecular weight is 353 g/mol. The van der Waals surface area contributed by atoms with Crippen molar-refractivity contribution < 1.29 is 14.6 Å². The van der Waals surface area contributed by atoms with Crippen LogP contribution < -0.4 is 5.32 Å². The lowest BCUT2D eigenvalue weighted by atomic mass is 9.77. The van der Waals surface area contributed by atoms with Gasteiger partial charge in [0.25, 0.3) is 5.91 Å². The van der Waals surface area contributed by atoms with E-state index >= 15 is 0 Å². The van der Waals surface area contributed by atoms with Crippen molar-refractivity contribution in [2.75, 3.05) is 26.7 Å².